The molecule has 6 N–H and O–H groups in total. The molecular weight excluding hydrogens is 316 g/mol. The summed E-state index contributed by atoms with van der Waals surface area (Å²) in [5.74, 6) is -10.1. The Morgan fingerprint density at radius 1 is 0.714 bits per heavy atom. The Hall–Kier alpha value is -2.86. The first kappa shape index (κ1) is 16.2. The van der Waals surface area contributed by atoms with Gasteiger partial charge in [-0.1, -0.05) is 0 Å². The number of benzene rings is 1. The summed E-state index contributed by atoms with van der Waals surface area (Å²) in [6, 6.07) is 0. The predicted octanol–water partition coefficient (Wildman–Crippen LogP) is -0.561. The third-order valence-electron chi connectivity index (χ3n) is 2.30. The highest BCUT2D eigenvalue weighted by Crippen LogP contribution is 2.41. The molecule has 11 nitrogen and oxygen atoms in total. The van der Waals surface area contributed by atoms with Gasteiger partial charge in [-0.15, -0.1) is 0 Å². The highest BCUT2D eigenvalue weighted by atomic mass is 32.2. The van der Waals surface area contributed by atoms with E-state index in [0.717, 1.165) is 0 Å². The summed E-state index contributed by atoms with van der Waals surface area (Å²) < 4.78 is 31.0. The Morgan fingerprint density at radius 2 is 1.10 bits per heavy atom. The molecule has 12 heteroatoms. The van der Waals surface area contributed by atoms with Crippen LogP contribution in [0.2, 0.25) is 0 Å². The van der Waals surface area contributed by atoms with Crippen molar-refractivity contribution < 1.29 is 52.9 Å². The fourth-order valence-corrected chi connectivity index (χ4v) is 2.37. The Bertz CT molecular complexity index is 774. The molecule has 0 bridgehead atoms. The Kier molecular flexibility index (Phi) is 3.79. The monoisotopic (exact) mass is 322 g/mol. The van der Waals surface area contributed by atoms with Gasteiger partial charge in [0.2, 0.25) is 0 Å². The zero-order chi connectivity index (χ0) is 16.7. The van der Waals surface area contributed by atoms with Crippen molar-refractivity contribution in [3.63, 3.8) is 0 Å². The van der Waals surface area contributed by atoms with Crippen molar-refractivity contribution >= 4 is 28.0 Å². The van der Waals surface area contributed by atoms with E-state index in [0.29, 0.717) is 0 Å². The zero-order valence-electron chi connectivity index (χ0n) is 9.63. The average Bonchev–Trinajstić information content (AvgIpc) is 2.28. The fourth-order valence-electron chi connectivity index (χ4n) is 1.58. The standard InChI is InChI=1S/C9H6O11S/c10-4-2(8(14)15)1(7(12)13)3(9(16)17)6(5(4)11)21(18,19)20/h10-11H,(H,12,13)(H,14,15)(H,16,17)(H,18,19,20). The van der Waals surface area contributed by atoms with Gasteiger partial charge in [0.15, 0.2) is 16.4 Å². The van der Waals surface area contributed by atoms with Crippen LogP contribution in [0.3, 0.4) is 0 Å². The SMILES string of the molecule is O=C(O)c1c(O)c(O)c(S(=O)(=O)O)c(C(=O)O)c1C(=O)O. The average molecular weight is 322 g/mol. The Morgan fingerprint density at radius 3 is 1.38 bits per heavy atom. The maximum absolute atomic E-state index is 11.1. The van der Waals surface area contributed by atoms with Gasteiger partial charge < -0.3 is 25.5 Å². The lowest BCUT2D eigenvalue weighted by Crippen LogP contribution is -2.19. The molecule has 0 spiro atoms. The summed E-state index contributed by atoms with van der Waals surface area (Å²) in [5.41, 5.74) is -4.85. The van der Waals surface area contributed by atoms with Gasteiger partial charge in [-0.25, -0.2) is 14.4 Å². The van der Waals surface area contributed by atoms with E-state index in [4.69, 9.17) is 19.9 Å². The molecular formula is C9H6O11S. The minimum absolute atomic E-state index is 1.54. The normalized spacial score (nSPS) is 11.1. The van der Waals surface area contributed by atoms with E-state index in [1.807, 2.05) is 0 Å². The van der Waals surface area contributed by atoms with Crippen LogP contribution in [0.4, 0.5) is 0 Å². The summed E-state index contributed by atoms with van der Waals surface area (Å²) >= 11 is 0. The second-order valence-corrected chi connectivity index (χ2v) is 4.90. The third kappa shape index (κ3) is 2.56. The van der Waals surface area contributed by atoms with Gasteiger partial charge in [0.25, 0.3) is 10.1 Å². The Labute approximate surface area is 115 Å². The molecule has 0 radical (unpaired) electrons. The molecule has 0 saturated carbocycles. The molecule has 0 aliphatic rings. The first-order valence-electron chi connectivity index (χ1n) is 4.70. The lowest BCUT2D eigenvalue weighted by atomic mass is 9.99. The van der Waals surface area contributed by atoms with Crippen LogP contribution in [-0.4, -0.2) is 56.4 Å². The summed E-state index contributed by atoms with van der Waals surface area (Å²) in [6.45, 7) is 0. The van der Waals surface area contributed by atoms with Crippen LogP contribution < -0.4 is 0 Å². The summed E-state index contributed by atoms with van der Waals surface area (Å²) in [5, 5.41) is 45.3. The van der Waals surface area contributed by atoms with Gasteiger partial charge in [0.1, 0.15) is 5.56 Å². The molecule has 0 heterocycles. The molecule has 0 unspecified atom stereocenters. The third-order valence-corrected chi connectivity index (χ3v) is 3.22. The second kappa shape index (κ2) is 4.92. The van der Waals surface area contributed by atoms with Gasteiger partial charge in [0, 0.05) is 0 Å². The highest BCUT2D eigenvalue weighted by Gasteiger charge is 2.38. The van der Waals surface area contributed by atoms with Crippen LogP contribution in [0.5, 0.6) is 11.5 Å². The van der Waals surface area contributed by atoms with E-state index in [-0.39, 0.29) is 0 Å². The minimum Gasteiger partial charge on any atom is -0.504 e. The fraction of sp³-hybridized carbons (Fsp3) is 0. The van der Waals surface area contributed by atoms with Crippen LogP contribution in [-0.2, 0) is 10.1 Å². The number of hydrogen-bond donors (Lipinski definition) is 6. The quantitative estimate of drug-likeness (QED) is 0.305. The first-order valence-corrected chi connectivity index (χ1v) is 6.14. The molecule has 1 aromatic rings. The number of carboxylic acid groups (broad SMARTS) is 3. The minimum atomic E-state index is -5.48. The largest absolute Gasteiger partial charge is 0.504 e. The number of phenolic OH excluding ortho intramolecular Hbond substituents is 1. The number of hydrogen-bond acceptors (Lipinski definition) is 7. The van der Waals surface area contributed by atoms with Crippen molar-refractivity contribution in [2.24, 2.45) is 0 Å². The highest BCUT2D eigenvalue weighted by molar-refractivity contribution is 7.86. The topological polar surface area (TPSA) is 207 Å². The van der Waals surface area contributed by atoms with E-state index in [1.165, 1.54) is 0 Å². The summed E-state index contributed by atoms with van der Waals surface area (Å²) in [7, 11) is -5.48. The molecule has 114 valence electrons. The van der Waals surface area contributed by atoms with E-state index in [9.17, 15) is 33.0 Å². The van der Waals surface area contributed by atoms with Gasteiger partial charge in [-0.2, -0.15) is 8.42 Å². The van der Waals surface area contributed by atoms with E-state index in [2.05, 4.69) is 0 Å². The molecule has 0 aromatic heterocycles. The van der Waals surface area contributed by atoms with Gasteiger partial charge in [-0.05, 0) is 0 Å². The maximum Gasteiger partial charge on any atom is 0.340 e. The van der Waals surface area contributed by atoms with Crippen molar-refractivity contribution in [2.45, 2.75) is 4.90 Å². The van der Waals surface area contributed by atoms with E-state index < -0.39 is 61.1 Å². The van der Waals surface area contributed by atoms with E-state index >= 15 is 0 Å². The molecule has 0 amide bonds. The van der Waals surface area contributed by atoms with Crippen LogP contribution in [0, 0.1) is 0 Å². The molecule has 0 aliphatic heterocycles. The van der Waals surface area contributed by atoms with Gasteiger partial charge in [0.05, 0.1) is 11.1 Å². The van der Waals surface area contributed by atoms with Gasteiger partial charge in [-0.3, -0.25) is 4.55 Å². The van der Waals surface area contributed by atoms with E-state index in [1.54, 1.807) is 0 Å². The molecule has 0 aliphatic carbocycles. The van der Waals surface area contributed by atoms with Crippen molar-refractivity contribution in [1.29, 1.82) is 0 Å². The number of carboxylic acids is 3. The molecule has 0 saturated heterocycles. The van der Waals surface area contributed by atoms with Crippen molar-refractivity contribution in [3.05, 3.63) is 16.7 Å². The lowest BCUT2D eigenvalue weighted by molar-refractivity contribution is 0.0627. The van der Waals surface area contributed by atoms with Crippen molar-refractivity contribution in [3.8, 4) is 11.5 Å². The number of aromatic carboxylic acids is 3. The van der Waals surface area contributed by atoms with Crippen molar-refractivity contribution in [2.75, 3.05) is 0 Å². The van der Waals surface area contributed by atoms with Gasteiger partial charge >= 0.3 is 17.9 Å². The summed E-state index contributed by atoms with van der Waals surface area (Å²) in [6.07, 6.45) is 0. The van der Waals surface area contributed by atoms with Crippen molar-refractivity contribution in [1.82, 2.24) is 0 Å². The van der Waals surface area contributed by atoms with Crippen LogP contribution in [0.15, 0.2) is 4.90 Å². The van der Waals surface area contributed by atoms with Crippen LogP contribution in [0.25, 0.3) is 0 Å². The smallest absolute Gasteiger partial charge is 0.340 e. The number of phenols is 2. The summed E-state index contributed by atoms with van der Waals surface area (Å²) in [4.78, 5) is 31.1. The second-order valence-electron chi connectivity index (χ2n) is 3.54. The van der Waals surface area contributed by atoms with Crippen LogP contribution in [0.1, 0.15) is 31.1 Å². The predicted molar refractivity (Wildman–Crippen MR) is 60.5 cm³/mol. The number of rotatable bonds is 4. The Balaban J connectivity index is 4.28. The molecule has 0 fully saturated rings. The number of carbonyl (C=O) groups is 3. The molecule has 1 rings (SSSR count). The number of aromatic hydroxyl groups is 2. The lowest BCUT2D eigenvalue weighted by Gasteiger charge is -2.13. The zero-order valence-corrected chi connectivity index (χ0v) is 10.4. The molecule has 1 aromatic carbocycles. The van der Waals surface area contributed by atoms with Crippen LogP contribution >= 0.6 is 0 Å². The first-order chi connectivity index (χ1) is 9.41. The maximum atomic E-state index is 11.1. The molecule has 0 atom stereocenters. The molecule has 21 heavy (non-hydrogen) atoms.